The van der Waals surface area contributed by atoms with Gasteiger partial charge in [0, 0.05) is 28.4 Å². The molecule has 0 aromatic rings. The van der Waals surface area contributed by atoms with Crippen LogP contribution < -0.4 is 0 Å². The summed E-state index contributed by atoms with van der Waals surface area (Å²) in [6, 6.07) is 0. The van der Waals surface area contributed by atoms with Crippen molar-refractivity contribution in [3.05, 3.63) is 0 Å². The summed E-state index contributed by atoms with van der Waals surface area (Å²) >= 11 is 0. The average Bonchev–Trinajstić information content (AvgIpc) is 2.46. The fraction of sp³-hybridized carbons (Fsp3) is 1.00. The molecule has 0 N–H and O–H groups in total. The van der Waals surface area contributed by atoms with Gasteiger partial charge in [0.05, 0.1) is 9.75 Å². The summed E-state index contributed by atoms with van der Waals surface area (Å²) in [6.07, 6.45) is 4.52. The minimum absolute atomic E-state index is 0.432. The Hall–Kier alpha value is 0.974. The van der Waals surface area contributed by atoms with Crippen molar-refractivity contribution in [2.45, 2.75) is 49.3 Å². The lowest BCUT2D eigenvalue weighted by Gasteiger charge is -2.24. The molecule has 20 heavy (non-hydrogen) atoms. The van der Waals surface area contributed by atoms with Gasteiger partial charge < -0.3 is 17.7 Å². The highest BCUT2D eigenvalue weighted by Gasteiger charge is 2.32. The van der Waals surface area contributed by atoms with E-state index < -0.39 is 18.6 Å². The zero-order valence-corrected chi connectivity index (χ0v) is 17.1. The van der Waals surface area contributed by atoms with Crippen molar-refractivity contribution in [1.29, 1.82) is 0 Å². The second kappa shape index (κ2) is 13.6. The summed E-state index contributed by atoms with van der Waals surface area (Å²) < 4.78 is 22.0. The van der Waals surface area contributed by atoms with Crippen molar-refractivity contribution in [1.82, 2.24) is 0 Å². The van der Waals surface area contributed by atoms with E-state index in [1.54, 1.807) is 28.4 Å². The van der Waals surface area contributed by atoms with E-state index in [4.69, 9.17) is 17.7 Å². The van der Waals surface area contributed by atoms with E-state index in [0.717, 1.165) is 25.7 Å². The van der Waals surface area contributed by atoms with Crippen LogP contribution in [0.4, 0.5) is 0 Å². The van der Waals surface area contributed by atoms with Crippen molar-refractivity contribution < 1.29 is 17.7 Å². The van der Waals surface area contributed by atoms with E-state index in [1.807, 2.05) is 21.6 Å². The van der Waals surface area contributed by atoms with Crippen molar-refractivity contribution in [3.63, 3.8) is 0 Å². The first-order valence-electron chi connectivity index (χ1n) is 6.90. The molecular formula is C12H28O4S2Si2. The Morgan fingerprint density at radius 2 is 1.00 bits per heavy atom. The van der Waals surface area contributed by atoms with E-state index in [9.17, 15) is 0 Å². The summed E-state index contributed by atoms with van der Waals surface area (Å²) in [5.74, 6) is 0. The van der Waals surface area contributed by atoms with Gasteiger partial charge in [-0.25, -0.2) is 0 Å². The molecule has 0 saturated heterocycles. The molecule has 2 unspecified atom stereocenters. The Morgan fingerprint density at radius 3 is 1.20 bits per heavy atom. The van der Waals surface area contributed by atoms with E-state index in [0.29, 0.717) is 9.75 Å². The first kappa shape index (κ1) is 21.0. The summed E-state index contributed by atoms with van der Waals surface area (Å²) in [6.45, 7) is 4.40. The molecule has 0 heterocycles. The molecule has 8 heteroatoms. The second-order valence-electron chi connectivity index (χ2n) is 4.20. The third kappa shape index (κ3) is 7.83. The van der Waals surface area contributed by atoms with Crippen LogP contribution in [0, 0.1) is 0 Å². The van der Waals surface area contributed by atoms with Gasteiger partial charge in [-0.05, 0) is 12.8 Å². The van der Waals surface area contributed by atoms with Crippen LogP contribution in [0.5, 0.6) is 0 Å². The summed E-state index contributed by atoms with van der Waals surface area (Å²) in [7, 11) is 8.35. The molecule has 0 amide bonds. The SMILES string of the molecule is CCCC(SSC(CCC)[Si](OC)OC)[Si](OC)OC. The number of rotatable bonds is 13. The Labute approximate surface area is 135 Å². The van der Waals surface area contributed by atoms with Crippen molar-refractivity contribution in [2.24, 2.45) is 0 Å². The van der Waals surface area contributed by atoms with Crippen LogP contribution in [-0.4, -0.2) is 56.8 Å². The third-order valence-electron chi connectivity index (χ3n) is 2.72. The minimum atomic E-state index is -1.20. The second-order valence-corrected chi connectivity index (χ2v) is 12.0. The van der Waals surface area contributed by atoms with Crippen molar-refractivity contribution >= 4 is 40.2 Å². The number of hydrogen-bond acceptors (Lipinski definition) is 6. The van der Waals surface area contributed by atoms with Gasteiger partial charge >= 0.3 is 18.6 Å². The lowest BCUT2D eigenvalue weighted by atomic mass is 10.4. The van der Waals surface area contributed by atoms with E-state index in [2.05, 4.69) is 13.8 Å². The first-order chi connectivity index (χ1) is 9.68. The lowest BCUT2D eigenvalue weighted by Crippen LogP contribution is -2.35. The average molecular weight is 357 g/mol. The molecule has 2 atom stereocenters. The highest BCUT2D eigenvalue weighted by atomic mass is 33.1. The standard InChI is InChI=1S/C12H28O4S2Si2/c1-7-9-11(19(13-3)14-4)17-18-12(10-8-2)20(15-5)16-6/h11-12H,7-10H2,1-6H3. The fourth-order valence-corrected chi connectivity index (χ4v) is 10.7. The molecule has 0 bridgehead atoms. The molecule has 0 aliphatic carbocycles. The predicted octanol–water partition coefficient (Wildman–Crippen LogP) is 3.35. The fourth-order valence-electron chi connectivity index (χ4n) is 1.76. The maximum atomic E-state index is 5.51. The molecule has 0 saturated carbocycles. The lowest BCUT2D eigenvalue weighted by molar-refractivity contribution is 0.273. The smallest absolute Gasteiger partial charge is 0.396 e. The molecule has 0 aliphatic heterocycles. The van der Waals surface area contributed by atoms with E-state index >= 15 is 0 Å². The van der Waals surface area contributed by atoms with E-state index in [-0.39, 0.29) is 0 Å². The summed E-state index contributed by atoms with van der Waals surface area (Å²) in [5.41, 5.74) is 0. The highest BCUT2D eigenvalue weighted by Crippen LogP contribution is 2.37. The molecule has 4 nitrogen and oxygen atoms in total. The summed E-state index contributed by atoms with van der Waals surface area (Å²) in [5, 5.41) is 0. The molecule has 0 rings (SSSR count). The first-order valence-corrected chi connectivity index (χ1v) is 12.0. The summed E-state index contributed by atoms with van der Waals surface area (Å²) in [4.78, 5) is 0.864. The van der Waals surface area contributed by atoms with Gasteiger partial charge in [0.1, 0.15) is 0 Å². The third-order valence-corrected chi connectivity index (χ3v) is 11.6. The van der Waals surface area contributed by atoms with Crippen molar-refractivity contribution in [2.75, 3.05) is 28.4 Å². The Kier molecular flexibility index (Phi) is 14.3. The highest BCUT2D eigenvalue weighted by molar-refractivity contribution is 8.77. The number of hydrogen-bond donors (Lipinski definition) is 0. The molecule has 0 aromatic carbocycles. The predicted molar refractivity (Wildman–Crippen MR) is 92.1 cm³/mol. The van der Waals surface area contributed by atoms with Crippen molar-refractivity contribution in [3.8, 4) is 0 Å². The van der Waals surface area contributed by atoms with Crippen LogP contribution in [-0.2, 0) is 17.7 Å². The Bertz CT molecular complexity index is 198. The topological polar surface area (TPSA) is 36.9 Å². The van der Waals surface area contributed by atoms with Crippen LogP contribution in [0.2, 0.25) is 0 Å². The molecule has 0 aliphatic rings. The van der Waals surface area contributed by atoms with Gasteiger partial charge in [0.15, 0.2) is 0 Å². The normalized spacial score (nSPS) is 15.0. The van der Waals surface area contributed by atoms with Gasteiger partial charge in [0.25, 0.3) is 0 Å². The zero-order valence-electron chi connectivity index (χ0n) is 13.4. The molecule has 0 fully saturated rings. The van der Waals surface area contributed by atoms with Gasteiger partial charge in [-0.3, -0.25) is 0 Å². The van der Waals surface area contributed by atoms with Crippen LogP contribution in [0.25, 0.3) is 0 Å². The van der Waals surface area contributed by atoms with Crippen LogP contribution in [0.3, 0.4) is 0 Å². The van der Waals surface area contributed by atoms with Gasteiger partial charge in [0.2, 0.25) is 0 Å². The van der Waals surface area contributed by atoms with Gasteiger partial charge in [-0.15, -0.1) is 0 Å². The van der Waals surface area contributed by atoms with Gasteiger partial charge in [-0.1, -0.05) is 48.3 Å². The molecule has 120 valence electrons. The zero-order chi connectivity index (χ0) is 15.4. The van der Waals surface area contributed by atoms with Gasteiger partial charge in [-0.2, -0.15) is 0 Å². The Balaban J connectivity index is 4.52. The minimum Gasteiger partial charge on any atom is -0.396 e. The van der Waals surface area contributed by atoms with Crippen LogP contribution in [0.1, 0.15) is 39.5 Å². The molecule has 2 radical (unpaired) electrons. The molecule has 0 spiro atoms. The molecule has 0 aromatic heterocycles. The monoisotopic (exact) mass is 356 g/mol. The van der Waals surface area contributed by atoms with E-state index in [1.165, 1.54) is 0 Å². The Morgan fingerprint density at radius 1 is 0.700 bits per heavy atom. The maximum absolute atomic E-state index is 5.51. The quantitative estimate of drug-likeness (QED) is 0.372. The van der Waals surface area contributed by atoms with Crippen LogP contribution >= 0.6 is 21.6 Å². The molecular weight excluding hydrogens is 328 g/mol. The maximum Gasteiger partial charge on any atom is 0.399 e. The largest absolute Gasteiger partial charge is 0.399 e. The van der Waals surface area contributed by atoms with Crippen LogP contribution in [0.15, 0.2) is 0 Å².